The van der Waals surface area contributed by atoms with Crippen LogP contribution < -0.4 is 4.90 Å². The zero-order chi connectivity index (χ0) is 18.8. The Hall–Kier alpha value is -3.42. The Labute approximate surface area is 162 Å². The zero-order valence-corrected chi connectivity index (χ0v) is 15.0. The minimum absolute atomic E-state index is 0.290. The van der Waals surface area contributed by atoms with Crippen LogP contribution in [-0.4, -0.2) is 17.8 Å². The fourth-order valence-corrected chi connectivity index (χ4v) is 3.26. The van der Waals surface area contributed by atoms with Crippen molar-refractivity contribution in [2.75, 3.05) is 4.90 Å². The topological polar surface area (TPSA) is 56.5 Å². The van der Waals surface area contributed by atoms with Gasteiger partial charge < -0.3 is 0 Å². The first-order valence-corrected chi connectivity index (χ1v) is 8.78. The molecule has 1 amide bonds. The highest BCUT2D eigenvalue weighted by Crippen LogP contribution is 2.32. The largest absolute Gasteiger partial charge is 0.272 e. The SMILES string of the molecule is N#CC1N=C(c2ccccc2)c2ccccc2N1C(=O)c1ccc(Cl)cc1. The number of anilines is 1. The van der Waals surface area contributed by atoms with Crippen LogP contribution in [0.2, 0.25) is 5.02 Å². The van der Waals surface area contributed by atoms with Crippen molar-refractivity contribution in [1.29, 1.82) is 5.26 Å². The van der Waals surface area contributed by atoms with E-state index in [-0.39, 0.29) is 5.91 Å². The molecule has 0 spiro atoms. The number of nitriles is 1. The number of para-hydroxylation sites is 1. The summed E-state index contributed by atoms with van der Waals surface area (Å²) in [5.74, 6) is -0.290. The first-order valence-electron chi connectivity index (χ1n) is 8.40. The summed E-state index contributed by atoms with van der Waals surface area (Å²) in [5, 5.41) is 10.3. The molecule has 4 nitrogen and oxygen atoms in total. The Morgan fingerprint density at radius 3 is 2.33 bits per heavy atom. The van der Waals surface area contributed by atoms with E-state index in [1.807, 2.05) is 54.6 Å². The normalized spacial score (nSPS) is 15.5. The molecule has 1 aliphatic rings. The maximum Gasteiger partial charge on any atom is 0.260 e. The molecule has 4 rings (SSSR count). The Morgan fingerprint density at radius 2 is 1.63 bits per heavy atom. The first-order chi connectivity index (χ1) is 13.2. The Morgan fingerprint density at radius 1 is 0.963 bits per heavy atom. The van der Waals surface area contributed by atoms with E-state index >= 15 is 0 Å². The summed E-state index contributed by atoms with van der Waals surface area (Å²) in [6.07, 6.45) is -0.946. The van der Waals surface area contributed by atoms with Gasteiger partial charge in [-0.25, -0.2) is 4.99 Å². The van der Waals surface area contributed by atoms with Crippen LogP contribution in [0.15, 0.2) is 83.9 Å². The summed E-state index contributed by atoms with van der Waals surface area (Å²) in [4.78, 5) is 19.2. The quantitative estimate of drug-likeness (QED) is 0.656. The third kappa shape index (κ3) is 3.10. The maximum absolute atomic E-state index is 13.1. The minimum atomic E-state index is -0.946. The van der Waals surface area contributed by atoms with Crippen molar-refractivity contribution in [3.8, 4) is 6.07 Å². The van der Waals surface area contributed by atoms with Crippen molar-refractivity contribution in [1.82, 2.24) is 0 Å². The Balaban J connectivity index is 1.85. The summed E-state index contributed by atoms with van der Waals surface area (Å²) in [5.41, 5.74) is 3.55. The van der Waals surface area contributed by atoms with E-state index in [0.717, 1.165) is 11.1 Å². The van der Waals surface area contributed by atoms with Gasteiger partial charge in [0, 0.05) is 21.7 Å². The molecule has 0 aliphatic carbocycles. The number of benzene rings is 3. The number of hydrogen-bond acceptors (Lipinski definition) is 3. The molecule has 3 aromatic carbocycles. The third-order valence-corrected chi connectivity index (χ3v) is 4.64. The van der Waals surface area contributed by atoms with Crippen LogP contribution in [0.5, 0.6) is 0 Å². The molecule has 0 radical (unpaired) electrons. The lowest BCUT2D eigenvalue weighted by molar-refractivity contribution is 0.0982. The molecule has 3 aromatic rings. The molecule has 1 aliphatic heterocycles. The molecule has 0 saturated carbocycles. The van der Waals surface area contributed by atoms with Gasteiger partial charge in [0.15, 0.2) is 0 Å². The molecular weight excluding hydrogens is 358 g/mol. The number of fused-ring (bicyclic) bond motifs is 1. The average molecular weight is 372 g/mol. The van der Waals surface area contributed by atoms with Gasteiger partial charge in [0.2, 0.25) is 6.17 Å². The third-order valence-electron chi connectivity index (χ3n) is 4.39. The number of nitrogens with zero attached hydrogens (tertiary/aromatic N) is 3. The minimum Gasteiger partial charge on any atom is -0.272 e. The van der Waals surface area contributed by atoms with Crippen LogP contribution in [0.1, 0.15) is 21.5 Å². The molecule has 27 heavy (non-hydrogen) atoms. The van der Waals surface area contributed by atoms with Crippen molar-refractivity contribution >= 4 is 28.9 Å². The Kier molecular flexibility index (Phi) is 4.45. The van der Waals surface area contributed by atoms with Gasteiger partial charge >= 0.3 is 0 Å². The summed E-state index contributed by atoms with van der Waals surface area (Å²) >= 11 is 5.93. The summed E-state index contributed by atoms with van der Waals surface area (Å²) in [6.45, 7) is 0. The molecule has 0 N–H and O–H groups in total. The maximum atomic E-state index is 13.1. The van der Waals surface area contributed by atoms with Gasteiger partial charge in [-0.2, -0.15) is 5.26 Å². The number of carbonyl (C=O) groups is 1. The highest BCUT2D eigenvalue weighted by Gasteiger charge is 2.33. The Bertz CT molecular complexity index is 1070. The van der Waals surface area contributed by atoms with Crippen molar-refractivity contribution < 1.29 is 4.79 Å². The predicted molar refractivity (Wildman–Crippen MR) is 106 cm³/mol. The van der Waals surface area contributed by atoms with Crippen molar-refractivity contribution in [2.24, 2.45) is 4.99 Å². The van der Waals surface area contributed by atoms with E-state index < -0.39 is 6.17 Å². The number of carbonyl (C=O) groups excluding carboxylic acids is 1. The van der Waals surface area contributed by atoms with E-state index in [2.05, 4.69) is 11.1 Å². The number of amides is 1. The van der Waals surface area contributed by atoms with Gasteiger partial charge in [0.05, 0.1) is 11.4 Å². The molecular formula is C22H14ClN3O. The number of hydrogen-bond donors (Lipinski definition) is 0. The van der Waals surface area contributed by atoms with Gasteiger partial charge in [-0.3, -0.25) is 9.69 Å². The first kappa shape index (κ1) is 17.0. The van der Waals surface area contributed by atoms with E-state index in [9.17, 15) is 10.1 Å². The van der Waals surface area contributed by atoms with Crippen LogP contribution in [0.3, 0.4) is 0 Å². The fraction of sp³-hybridized carbons (Fsp3) is 0.0455. The van der Waals surface area contributed by atoms with Gasteiger partial charge in [-0.1, -0.05) is 60.1 Å². The lowest BCUT2D eigenvalue weighted by Gasteiger charge is -2.32. The van der Waals surface area contributed by atoms with Gasteiger partial charge in [0.1, 0.15) is 6.07 Å². The predicted octanol–water partition coefficient (Wildman–Crippen LogP) is 4.69. The second kappa shape index (κ2) is 7.06. The van der Waals surface area contributed by atoms with Gasteiger partial charge in [-0.15, -0.1) is 0 Å². The molecule has 0 bridgehead atoms. The molecule has 0 fully saturated rings. The van der Waals surface area contributed by atoms with Gasteiger partial charge in [-0.05, 0) is 30.3 Å². The highest BCUT2D eigenvalue weighted by atomic mass is 35.5. The lowest BCUT2D eigenvalue weighted by Crippen LogP contribution is -2.42. The van der Waals surface area contributed by atoms with E-state index in [4.69, 9.17) is 11.6 Å². The zero-order valence-electron chi connectivity index (χ0n) is 14.2. The molecule has 1 heterocycles. The summed E-state index contributed by atoms with van der Waals surface area (Å²) in [6, 6.07) is 25.9. The van der Waals surface area contributed by atoms with Crippen LogP contribution in [0.4, 0.5) is 5.69 Å². The number of halogens is 1. The molecule has 1 unspecified atom stereocenters. The van der Waals surface area contributed by atoms with Crippen LogP contribution >= 0.6 is 11.6 Å². The number of aliphatic imine (C=N–C) groups is 1. The molecule has 0 saturated heterocycles. The molecule has 130 valence electrons. The smallest absolute Gasteiger partial charge is 0.260 e. The van der Waals surface area contributed by atoms with Crippen LogP contribution in [-0.2, 0) is 0 Å². The lowest BCUT2D eigenvalue weighted by atomic mass is 9.97. The van der Waals surface area contributed by atoms with Gasteiger partial charge in [0.25, 0.3) is 5.91 Å². The highest BCUT2D eigenvalue weighted by molar-refractivity contribution is 6.30. The summed E-state index contributed by atoms with van der Waals surface area (Å²) in [7, 11) is 0. The van der Waals surface area contributed by atoms with Crippen LogP contribution in [0.25, 0.3) is 0 Å². The van der Waals surface area contributed by atoms with Crippen molar-refractivity contribution in [3.63, 3.8) is 0 Å². The van der Waals surface area contributed by atoms with E-state index in [0.29, 0.717) is 22.0 Å². The fourth-order valence-electron chi connectivity index (χ4n) is 3.13. The van der Waals surface area contributed by atoms with E-state index in [1.54, 1.807) is 24.3 Å². The second-order valence-corrected chi connectivity index (χ2v) is 6.48. The molecule has 5 heteroatoms. The number of rotatable bonds is 2. The standard InChI is InChI=1S/C22H14ClN3O/c23-17-12-10-16(11-13-17)22(27)26-19-9-5-4-8-18(19)21(25-20(26)14-24)15-6-2-1-3-7-15/h1-13,20H. The van der Waals surface area contributed by atoms with Crippen molar-refractivity contribution in [2.45, 2.75) is 6.17 Å². The van der Waals surface area contributed by atoms with Crippen LogP contribution in [0, 0.1) is 11.3 Å². The monoisotopic (exact) mass is 371 g/mol. The van der Waals surface area contributed by atoms with Crippen molar-refractivity contribution in [3.05, 3.63) is 101 Å². The molecule has 0 aromatic heterocycles. The van der Waals surface area contributed by atoms with E-state index in [1.165, 1.54) is 4.90 Å². The summed E-state index contributed by atoms with van der Waals surface area (Å²) < 4.78 is 0. The molecule has 1 atom stereocenters. The second-order valence-electron chi connectivity index (χ2n) is 6.05. The average Bonchev–Trinajstić information content (AvgIpc) is 2.73.